The Morgan fingerprint density at radius 2 is 1.67 bits per heavy atom. The normalized spacial score (nSPS) is 22.3. The molecule has 24 heavy (non-hydrogen) atoms. The van der Waals surface area contributed by atoms with Crippen LogP contribution >= 0.6 is 0 Å². The Morgan fingerprint density at radius 3 is 2.21 bits per heavy atom. The summed E-state index contributed by atoms with van der Waals surface area (Å²) in [5.41, 5.74) is -0.189. The lowest BCUT2D eigenvalue weighted by atomic mass is 10.1. The van der Waals surface area contributed by atoms with Gasteiger partial charge in [-0.25, -0.2) is 0 Å². The molecule has 138 valence electrons. The van der Waals surface area contributed by atoms with Crippen molar-refractivity contribution >= 4 is 11.8 Å². The van der Waals surface area contributed by atoms with Gasteiger partial charge in [-0.05, 0) is 40.5 Å². The highest BCUT2D eigenvalue weighted by atomic mass is 16.2. The number of nitrogens with one attached hydrogen (secondary N) is 2. The third kappa shape index (κ3) is 6.06. The zero-order valence-corrected chi connectivity index (χ0v) is 15.7. The van der Waals surface area contributed by atoms with Gasteiger partial charge in [0.05, 0.1) is 12.6 Å². The molecule has 2 rings (SSSR count). The molecule has 0 bridgehead atoms. The number of carbonyl (C=O) groups is 2. The van der Waals surface area contributed by atoms with Gasteiger partial charge in [-0.2, -0.15) is 0 Å². The Kier molecular flexibility index (Phi) is 6.63. The van der Waals surface area contributed by atoms with Crippen LogP contribution in [-0.2, 0) is 9.59 Å². The van der Waals surface area contributed by atoms with Gasteiger partial charge in [-0.3, -0.25) is 19.4 Å². The van der Waals surface area contributed by atoms with E-state index in [4.69, 9.17) is 0 Å². The minimum Gasteiger partial charge on any atom is -0.352 e. The highest BCUT2D eigenvalue weighted by Crippen LogP contribution is 2.18. The van der Waals surface area contributed by atoms with E-state index in [0.717, 1.165) is 39.0 Å². The van der Waals surface area contributed by atoms with Gasteiger partial charge < -0.3 is 10.6 Å². The van der Waals surface area contributed by atoms with Crippen LogP contribution in [0.25, 0.3) is 0 Å². The van der Waals surface area contributed by atoms with Crippen LogP contribution < -0.4 is 10.6 Å². The van der Waals surface area contributed by atoms with Crippen molar-refractivity contribution in [1.82, 2.24) is 20.4 Å². The topological polar surface area (TPSA) is 64.7 Å². The number of carbonyl (C=O) groups excluding carboxylic acids is 2. The van der Waals surface area contributed by atoms with Crippen molar-refractivity contribution in [2.45, 2.75) is 71.0 Å². The second kappa shape index (κ2) is 8.30. The maximum atomic E-state index is 12.4. The zero-order chi connectivity index (χ0) is 17.7. The van der Waals surface area contributed by atoms with Crippen molar-refractivity contribution in [2.24, 2.45) is 0 Å². The monoisotopic (exact) mass is 338 g/mol. The van der Waals surface area contributed by atoms with Gasteiger partial charge in [-0.15, -0.1) is 0 Å². The molecule has 1 aliphatic carbocycles. The number of hydrogen-bond acceptors (Lipinski definition) is 4. The molecule has 2 N–H and O–H groups in total. The second-order valence-corrected chi connectivity index (χ2v) is 8.28. The lowest BCUT2D eigenvalue weighted by Crippen LogP contribution is -2.56. The predicted molar refractivity (Wildman–Crippen MR) is 95.8 cm³/mol. The van der Waals surface area contributed by atoms with Crippen LogP contribution in [0.1, 0.15) is 53.4 Å². The summed E-state index contributed by atoms with van der Waals surface area (Å²) in [4.78, 5) is 28.8. The summed E-state index contributed by atoms with van der Waals surface area (Å²) in [6.07, 6.45) is 4.70. The smallest absolute Gasteiger partial charge is 0.237 e. The van der Waals surface area contributed by atoms with Gasteiger partial charge in [0, 0.05) is 37.8 Å². The quantitative estimate of drug-likeness (QED) is 0.784. The van der Waals surface area contributed by atoms with Crippen LogP contribution in [0.3, 0.4) is 0 Å². The van der Waals surface area contributed by atoms with Crippen molar-refractivity contribution in [1.29, 1.82) is 0 Å². The molecule has 0 aromatic carbocycles. The van der Waals surface area contributed by atoms with Gasteiger partial charge in [0.15, 0.2) is 0 Å². The van der Waals surface area contributed by atoms with E-state index in [-0.39, 0.29) is 23.4 Å². The summed E-state index contributed by atoms with van der Waals surface area (Å²) in [6.45, 7) is 11.7. The van der Waals surface area contributed by atoms with Crippen molar-refractivity contribution in [3.63, 3.8) is 0 Å². The minimum absolute atomic E-state index is 0.0722. The van der Waals surface area contributed by atoms with Crippen LogP contribution in [0.2, 0.25) is 0 Å². The molecule has 1 saturated carbocycles. The average molecular weight is 338 g/mol. The Morgan fingerprint density at radius 1 is 1.08 bits per heavy atom. The average Bonchev–Trinajstić information content (AvgIpc) is 2.98. The van der Waals surface area contributed by atoms with Crippen LogP contribution in [0.15, 0.2) is 0 Å². The predicted octanol–water partition coefficient (Wildman–Crippen LogP) is 0.966. The van der Waals surface area contributed by atoms with Crippen LogP contribution in [-0.4, -0.2) is 72.0 Å². The zero-order valence-electron chi connectivity index (χ0n) is 15.7. The third-order valence-electron chi connectivity index (χ3n) is 4.92. The molecule has 0 aromatic rings. The molecule has 6 nitrogen and oxygen atoms in total. The Hall–Kier alpha value is -1.14. The molecule has 1 heterocycles. The number of hydrogen-bond donors (Lipinski definition) is 2. The molecule has 2 aliphatic rings. The maximum absolute atomic E-state index is 12.4. The van der Waals surface area contributed by atoms with Crippen molar-refractivity contribution in [3.8, 4) is 0 Å². The van der Waals surface area contributed by atoms with Crippen molar-refractivity contribution < 1.29 is 9.59 Å². The van der Waals surface area contributed by atoms with Crippen molar-refractivity contribution in [3.05, 3.63) is 0 Å². The van der Waals surface area contributed by atoms with E-state index >= 15 is 0 Å². The fourth-order valence-corrected chi connectivity index (χ4v) is 3.53. The molecule has 0 radical (unpaired) electrons. The largest absolute Gasteiger partial charge is 0.352 e. The maximum Gasteiger partial charge on any atom is 0.237 e. The molecule has 2 amide bonds. The number of piperazine rings is 1. The van der Waals surface area contributed by atoms with Gasteiger partial charge in [0.2, 0.25) is 11.8 Å². The summed E-state index contributed by atoms with van der Waals surface area (Å²) in [7, 11) is 0. The third-order valence-corrected chi connectivity index (χ3v) is 4.92. The molecule has 2 fully saturated rings. The van der Waals surface area contributed by atoms with Crippen LogP contribution in [0.5, 0.6) is 0 Å². The van der Waals surface area contributed by atoms with E-state index in [1.807, 2.05) is 27.7 Å². The highest BCUT2D eigenvalue weighted by Gasteiger charge is 2.28. The molecule has 6 heteroatoms. The molecule has 0 aromatic heterocycles. The Balaban J connectivity index is 1.71. The van der Waals surface area contributed by atoms with E-state index in [1.165, 1.54) is 12.8 Å². The summed E-state index contributed by atoms with van der Waals surface area (Å²) < 4.78 is 0. The highest BCUT2D eigenvalue weighted by molar-refractivity contribution is 5.81. The number of rotatable bonds is 5. The minimum atomic E-state index is -0.189. The SMILES string of the molecule is CC(C(=O)NC1CCCC1)N1CCN(CC(=O)NC(C)(C)C)CC1. The van der Waals surface area contributed by atoms with Gasteiger partial charge in [-0.1, -0.05) is 12.8 Å². The van der Waals surface area contributed by atoms with E-state index in [1.54, 1.807) is 0 Å². The first kappa shape index (κ1) is 19.2. The molecule has 1 atom stereocenters. The van der Waals surface area contributed by atoms with E-state index in [0.29, 0.717) is 12.6 Å². The van der Waals surface area contributed by atoms with Gasteiger partial charge in [0.1, 0.15) is 0 Å². The molecule has 0 spiro atoms. The summed E-state index contributed by atoms with van der Waals surface area (Å²) in [6, 6.07) is 0.290. The molecular weight excluding hydrogens is 304 g/mol. The molecule has 1 aliphatic heterocycles. The fraction of sp³-hybridized carbons (Fsp3) is 0.889. The van der Waals surface area contributed by atoms with Crippen molar-refractivity contribution in [2.75, 3.05) is 32.7 Å². The lowest BCUT2D eigenvalue weighted by molar-refractivity contribution is -0.128. The Bertz CT molecular complexity index is 433. The summed E-state index contributed by atoms with van der Waals surface area (Å²) in [5.74, 6) is 0.226. The number of nitrogens with zero attached hydrogens (tertiary/aromatic N) is 2. The van der Waals surface area contributed by atoms with Crippen LogP contribution in [0.4, 0.5) is 0 Å². The fourth-order valence-electron chi connectivity index (χ4n) is 3.53. The van der Waals surface area contributed by atoms with Gasteiger partial charge >= 0.3 is 0 Å². The number of amides is 2. The molecular formula is C18H34N4O2. The second-order valence-electron chi connectivity index (χ2n) is 8.28. The first-order chi connectivity index (χ1) is 11.2. The van der Waals surface area contributed by atoms with E-state index in [9.17, 15) is 9.59 Å². The first-order valence-electron chi connectivity index (χ1n) is 9.32. The summed E-state index contributed by atoms with van der Waals surface area (Å²) in [5, 5.41) is 6.19. The summed E-state index contributed by atoms with van der Waals surface area (Å²) >= 11 is 0. The van der Waals surface area contributed by atoms with Crippen LogP contribution in [0, 0.1) is 0 Å². The standard InChI is InChI=1S/C18H34N4O2/c1-14(17(24)19-15-7-5-6-8-15)22-11-9-21(10-12-22)13-16(23)20-18(2,3)4/h14-15H,5-13H2,1-4H3,(H,19,24)(H,20,23). The van der Waals surface area contributed by atoms with E-state index < -0.39 is 0 Å². The van der Waals surface area contributed by atoms with Gasteiger partial charge in [0.25, 0.3) is 0 Å². The van der Waals surface area contributed by atoms with E-state index in [2.05, 4.69) is 20.4 Å². The molecule has 1 saturated heterocycles. The first-order valence-corrected chi connectivity index (χ1v) is 9.32. The lowest BCUT2D eigenvalue weighted by Gasteiger charge is -2.37. The Labute approximate surface area is 146 Å². The molecule has 1 unspecified atom stereocenters.